The minimum atomic E-state index is -0.123. The van der Waals surface area contributed by atoms with E-state index in [9.17, 15) is 4.79 Å². The van der Waals surface area contributed by atoms with Crippen molar-refractivity contribution < 1.29 is 9.53 Å². The van der Waals surface area contributed by atoms with E-state index >= 15 is 0 Å². The lowest BCUT2D eigenvalue weighted by molar-refractivity contribution is 0.126. The summed E-state index contributed by atoms with van der Waals surface area (Å²) in [4.78, 5) is 13.6. The van der Waals surface area contributed by atoms with E-state index < -0.39 is 0 Å². The third kappa shape index (κ3) is 2.50. The molecule has 17 heavy (non-hydrogen) atoms. The SMILES string of the molecule is COc1ccccc1CN1CCCN(N)C1=O. The summed E-state index contributed by atoms with van der Waals surface area (Å²) >= 11 is 0. The summed E-state index contributed by atoms with van der Waals surface area (Å²) in [5, 5.41) is 1.26. The molecule has 2 N–H and O–H groups in total. The number of hydrogen-bond donors (Lipinski definition) is 1. The van der Waals surface area contributed by atoms with E-state index in [4.69, 9.17) is 10.6 Å². The van der Waals surface area contributed by atoms with E-state index in [1.807, 2.05) is 24.3 Å². The Labute approximate surface area is 101 Å². The Bertz CT molecular complexity index is 408. The molecule has 2 amide bonds. The van der Waals surface area contributed by atoms with Crippen LogP contribution >= 0.6 is 0 Å². The van der Waals surface area contributed by atoms with E-state index in [1.165, 1.54) is 5.01 Å². The van der Waals surface area contributed by atoms with Crippen molar-refractivity contribution in [2.24, 2.45) is 5.84 Å². The highest BCUT2D eigenvalue weighted by Crippen LogP contribution is 2.20. The molecule has 0 spiro atoms. The highest BCUT2D eigenvalue weighted by Gasteiger charge is 2.23. The molecule has 0 aliphatic carbocycles. The molecule has 1 aliphatic heterocycles. The van der Waals surface area contributed by atoms with Gasteiger partial charge in [-0.25, -0.2) is 10.6 Å². The summed E-state index contributed by atoms with van der Waals surface area (Å²) < 4.78 is 5.27. The van der Waals surface area contributed by atoms with E-state index in [-0.39, 0.29) is 6.03 Å². The Hall–Kier alpha value is -1.75. The van der Waals surface area contributed by atoms with Gasteiger partial charge in [-0.15, -0.1) is 0 Å². The van der Waals surface area contributed by atoms with Crippen molar-refractivity contribution in [1.82, 2.24) is 9.91 Å². The monoisotopic (exact) mass is 235 g/mol. The molecule has 1 heterocycles. The number of methoxy groups -OCH3 is 1. The van der Waals surface area contributed by atoms with Gasteiger partial charge in [-0.2, -0.15) is 0 Å². The predicted molar refractivity (Wildman–Crippen MR) is 64.3 cm³/mol. The third-order valence-electron chi connectivity index (χ3n) is 2.90. The first-order valence-corrected chi connectivity index (χ1v) is 5.65. The Morgan fingerprint density at radius 3 is 2.88 bits per heavy atom. The smallest absolute Gasteiger partial charge is 0.334 e. The molecule has 5 nitrogen and oxygen atoms in total. The third-order valence-corrected chi connectivity index (χ3v) is 2.90. The lowest BCUT2D eigenvalue weighted by atomic mass is 10.1. The number of para-hydroxylation sites is 1. The van der Waals surface area contributed by atoms with Gasteiger partial charge in [0.15, 0.2) is 0 Å². The number of hydrazine groups is 1. The van der Waals surface area contributed by atoms with Crippen LogP contribution in [0.1, 0.15) is 12.0 Å². The highest BCUT2D eigenvalue weighted by atomic mass is 16.5. The molecule has 2 rings (SSSR count). The average Bonchev–Trinajstić information content (AvgIpc) is 2.35. The number of benzene rings is 1. The first-order valence-electron chi connectivity index (χ1n) is 5.65. The molecule has 1 saturated heterocycles. The van der Waals surface area contributed by atoms with Gasteiger partial charge in [-0.3, -0.25) is 5.01 Å². The number of urea groups is 1. The molecule has 1 aromatic carbocycles. The molecule has 1 fully saturated rings. The van der Waals surface area contributed by atoms with Gasteiger partial charge in [-0.1, -0.05) is 18.2 Å². The topological polar surface area (TPSA) is 58.8 Å². The predicted octanol–water partition coefficient (Wildman–Crippen LogP) is 1.20. The van der Waals surface area contributed by atoms with Crippen molar-refractivity contribution in [3.63, 3.8) is 0 Å². The van der Waals surface area contributed by atoms with Crippen LogP contribution in [0.4, 0.5) is 4.79 Å². The van der Waals surface area contributed by atoms with Crippen molar-refractivity contribution in [2.75, 3.05) is 20.2 Å². The fourth-order valence-corrected chi connectivity index (χ4v) is 1.99. The number of hydrogen-bond acceptors (Lipinski definition) is 3. The molecule has 5 heteroatoms. The quantitative estimate of drug-likeness (QED) is 0.632. The van der Waals surface area contributed by atoms with E-state index in [0.29, 0.717) is 13.1 Å². The van der Waals surface area contributed by atoms with Gasteiger partial charge >= 0.3 is 6.03 Å². The number of ether oxygens (including phenoxy) is 1. The van der Waals surface area contributed by atoms with Crippen molar-refractivity contribution in [3.8, 4) is 5.75 Å². The summed E-state index contributed by atoms with van der Waals surface area (Å²) in [5.41, 5.74) is 0.999. The number of rotatable bonds is 3. The molecular formula is C12H17N3O2. The number of nitrogens with two attached hydrogens (primary N) is 1. The van der Waals surface area contributed by atoms with Crippen LogP contribution in [0.15, 0.2) is 24.3 Å². The van der Waals surface area contributed by atoms with Crippen LogP contribution in [0.25, 0.3) is 0 Å². The standard InChI is InChI=1S/C12H17N3O2/c1-17-11-6-3-2-5-10(11)9-14-7-4-8-15(13)12(14)16/h2-3,5-6H,4,7-9,13H2,1H3. The summed E-state index contributed by atoms with van der Waals surface area (Å²) in [6.07, 6.45) is 0.900. The fourth-order valence-electron chi connectivity index (χ4n) is 1.99. The van der Waals surface area contributed by atoms with Crippen LogP contribution in [0.3, 0.4) is 0 Å². The zero-order valence-corrected chi connectivity index (χ0v) is 9.93. The summed E-state index contributed by atoms with van der Waals surface area (Å²) in [6.45, 7) is 1.91. The minimum Gasteiger partial charge on any atom is -0.496 e. The summed E-state index contributed by atoms with van der Waals surface area (Å²) in [6, 6.07) is 7.58. The maximum atomic E-state index is 11.8. The normalized spacial score (nSPS) is 16.2. The van der Waals surface area contributed by atoms with Crippen molar-refractivity contribution in [2.45, 2.75) is 13.0 Å². The fraction of sp³-hybridized carbons (Fsp3) is 0.417. The van der Waals surface area contributed by atoms with Crippen LogP contribution in [0, 0.1) is 0 Å². The van der Waals surface area contributed by atoms with Crippen LogP contribution in [0.5, 0.6) is 5.75 Å². The molecule has 0 radical (unpaired) electrons. The average molecular weight is 235 g/mol. The second kappa shape index (κ2) is 5.05. The molecule has 0 saturated carbocycles. The largest absolute Gasteiger partial charge is 0.496 e. The van der Waals surface area contributed by atoms with Gasteiger partial charge in [0.25, 0.3) is 0 Å². The van der Waals surface area contributed by atoms with Gasteiger partial charge in [0.05, 0.1) is 13.7 Å². The van der Waals surface area contributed by atoms with Crippen LogP contribution in [-0.2, 0) is 6.54 Å². The van der Waals surface area contributed by atoms with Gasteiger partial charge in [0.2, 0.25) is 0 Å². The Balaban J connectivity index is 2.12. The van der Waals surface area contributed by atoms with Crippen LogP contribution in [0.2, 0.25) is 0 Å². The minimum absolute atomic E-state index is 0.123. The molecule has 0 aromatic heterocycles. The van der Waals surface area contributed by atoms with Crippen molar-refractivity contribution in [1.29, 1.82) is 0 Å². The molecule has 0 bridgehead atoms. The second-order valence-electron chi connectivity index (χ2n) is 4.06. The molecule has 1 aliphatic rings. The maximum absolute atomic E-state index is 11.8. The van der Waals surface area contributed by atoms with E-state index in [1.54, 1.807) is 12.0 Å². The summed E-state index contributed by atoms with van der Waals surface area (Å²) in [5.74, 6) is 6.40. The molecule has 1 aromatic rings. The van der Waals surface area contributed by atoms with E-state index in [0.717, 1.165) is 24.3 Å². The van der Waals surface area contributed by atoms with Gasteiger partial charge < -0.3 is 9.64 Å². The molecular weight excluding hydrogens is 218 g/mol. The lowest BCUT2D eigenvalue weighted by Gasteiger charge is -2.32. The first kappa shape index (κ1) is 11.7. The van der Waals surface area contributed by atoms with Crippen molar-refractivity contribution in [3.05, 3.63) is 29.8 Å². The zero-order chi connectivity index (χ0) is 12.3. The number of amides is 2. The van der Waals surface area contributed by atoms with Crippen LogP contribution in [-0.4, -0.2) is 36.1 Å². The first-order chi connectivity index (χ1) is 8.22. The number of carbonyl (C=O) groups is 1. The molecule has 0 unspecified atom stereocenters. The zero-order valence-electron chi connectivity index (χ0n) is 9.93. The maximum Gasteiger partial charge on any atom is 0.334 e. The lowest BCUT2D eigenvalue weighted by Crippen LogP contribution is -2.52. The Kier molecular flexibility index (Phi) is 3.49. The van der Waals surface area contributed by atoms with Gasteiger partial charge in [0.1, 0.15) is 5.75 Å². The van der Waals surface area contributed by atoms with Crippen molar-refractivity contribution >= 4 is 6.03 Å². The van der Waals surface area contributed by atoms with Gasteiger partial charge in [0, 0.05) is 18.7 Å². The number of carbonyl (C=O) groups excluding carboxylic acids is 1. The Morgan fingerprint density at radius 1 is 1.35 bits per heavy atom. The van der Waals surface area contributed by atoms with E-state index in [2.05, 4.69) is 0 Å². The van der Waals surface area contributed by atoms with Crippen LogP contribution < -0.4 is 10.6 Å². The molecule has 92 valence electrons. The summed E-state index contributed by atoms with van der Waals surface area (Å²) in [7, 11) is 1.63. The highest BCUT2D eigenvalue weighted by molar-refractivity contribution is 5.74. The Morgan fingerprint density at radius 2 is 2.12 bits per heavy atom. The molecule has 0 atom stereocenters. The second-order valence-corrected chi connectivity index (χ2v) is 4.06. The number of nitrogens with zero attached hydrogens (tertiary/aromatic N) is 2. The van der Waals surface area contributed by atoms with Gasteiger partial charge in [-0.05, 0) is 12.5 Å².